The average Bonchev–Trinajstić information content (AvgIpc) is 3.59. The van der Waals surface area contributed by atoms with Crippen LogP contribution >= 0.6 is 0 Å². The number of hydrogen-bond acceptors (Lipinski definition) is 5. The van der Waals surface area contributed by atoms with E-state index in [-0.39, 0.29) is 32.1 Å². The van der Waals surface area contributed by atoms with Crippen molar-refractivity contribution in [3.05, 3.63) is 29.8 Å². The third-order valence-electron chi connectivity index (χ3n) is 6.39. The Hall–Kier alpha value is -2.67. The van der Waals surface area contributed by atoms with E-state index in [0.717, 1.165) is 34.2 Å². The first kappa shape index (κ1) is 23.5. The first-order valence-corrected chi connectivity index (χ1v) is 11.9. The van der Waals surface area contributed by atoms with Crippen molar-refractivity contribution in [3.63, 3.8) is 0 Å². The molecule has 0 spiro atoms. The Morgan fingerprint density at radius 2 is 1.73 bits per heavy atom. The van der Waals surface area contributed by atoms with E-state index in [0.29, 0.717) is 6.07 Å². The summed E-state index contributed by atoms with van der Waals surface area (Å²) in [5, 5.41) is 2.65. The lowest BCUT2D eigenvalue weighted by atomic mass is 9.96. The predicted molar refractivity (Wildman–Crippen MR) is 108 cm³/mol. The van der Waals surface area contributed by atoms with E-state index in [1.807, 2.05) is 0 Å². The highest BCUT2D eigenvalue weighted by Crippen LogP contribution is 2.42. The molecule has 1 atom stereocenters. The third-order valence-corrected chi connectivity index (χ3v) is 8.35. The summed E-state index contributed by atoms with van der Waals surface area (Å²) in [6, 6.07) is 3.30. The Morgan fingerprint density at radius 1 is 1.12 bits per heavy atom. The molecule has 0 unspecified atom stereocenters. The minimum atomic E-state index is -4.83. The number of nitrogens with one attached hydrogen (secondary N) is 1. The summed E-state index contributed by atoms with van der Waals surface area (Å²) >= 11 is 0. The van der Waals surface area contributed by atoms with Crippen LogP contribution in [0.5, 0.6) is 0 Å². The zero-order valence-corrected chi connectivity index (χ0v) is 18.6. The van der Waals surface area contributed by atoms with Gasteiger partial charge in [-0.2, -0.15) is 17.5 Å². The molecule has 1 saturated carbocycles. The summed E-state index contributed by atoms with van der Waals surface area (Å²) in [5.41, 5.74) is -2.27. The van der Waals surface area contributed by atoms with Gasteiger partial charge in [-0.25, -0.2) is 13.2 Å². The quantitative estimate of drug-likeness (QED) is 0.628. The van der Waals surface area contributed by atoms with Crippen LogP contribution in [0.4, 0.5) is 18.0 Å². The highest BCUT2D eigenvalue weighted by Gasteiger charge is 2.56. The molecular weight excluding hydrogens is 465 g/mol. The van der Waals surface area contributed by atoms with Gasteiger partial charge in [-0.15, -0.1) is 0 Å². The van der Waals surface area contributed by atoms with Crippen molar-refractivity contribution in [1.82, 2.24) is 19.4 Å². The first-order chi connectivity index (χ1) is 15.4. The van der Waals surface area contributed by atoms with Crippen LogP contribution in [0.3, 0.4) is 0 Å². The van der Waals surface area contributed by atoms with Crippen LogP contribution in [0.15, 0.2) is 29.2 Å². The number of amides is 4. The Kier molecular flexibility index (Phi) is 5.68. The number of hydrogen-bond donors (Lipinski definition) is 1. The van der Waals surface area contributed by atoms with Gasteiger partial charge in [-0.3, -0.25) is 14.5 Å². The summed E-state index contributed by atoms with van der Waals surface area (Å²) in [6.45, 7) is 0.598. The lowest BCUT2D eigenvalue weighted by Gasteiger charge is -2.35. The summed E-state index contributed by atoms with van der Waals surface area (Å²) in [7, 11) is -4.44. The zero-order valence-electron chi connectivity index (χ0n) is 17.8. The molecule has 3 fully saturated rings. The van der Waals surface area contributed by atoms with Crippen LogP contribution < -0.4 is 5.32 Å². The topological polar surface area (TPSA) is 107 Å². The number of benzene rings is 1. The zero-order chi connectivity index (χ0) is 24.2. The van der Waals surface area contributed by atoms with Crippen molar-refractivity contribution in [3.8, 4) is 0 Å². The number of alkyl halides is 3. The predicted octanol–water partition coefficient (Wildman–Crippen LogP) is 1.26. The van der Waals surface area contributed by atoms with Crippen LogP contribution in [0.25, 0.3) is 0 Å². The summed E-state index contributed by atoms with van der Waals surface area (Å²) in [6.07, 6.45) is -3.20. The highest BCUT2D eigenvalue weighted by atomic mass is 32.2. The van der Waals surface area contributed by atoms with Gasteiger partial charge in [0.15, 0.2) is 0 Å². The van der Waals surface area contributed by atoms with E-state index in [4.69, 9.17) is 0 Å². The van der Waals surface area contributed by atoms with Gasteiger partial charge < -0.3 is 10.2 Å². The number of nitrogens with zero attached hydrogens (tertiary/aromatic N) is 3. The Balaban J connectivity index is 1.41. The fraction of sp³-hybridized carbons (Fsp3) is 0.550. The van der Waals surface area contributed by atoms with Crippen molar-refractivity contribution >= 4 is 27.9 Å². The number of carbonyl (C=O) groups excluding carboxylic acids is 3. The lowest BCUT2D eigenvalue weighted by Crippen LogP contribution is -2.53. The number of imide groups is 1. The van der Waals surface area contributed by atoms with Gasteiger partial charge in [0.2, 0.25) is 15.9 Å². The lowest BCUT2D eigenvalue weighted by molar-refractivity contribution is -0.140. The maximum Gasteiger partial charge on any atom is 0.417 e. The first-order valence-electron chi connectivity index (χ1n) is 10.4. The van der Waals surface area contributed by atoms with Crippen molar-refractivity contribution in [2.75, 3.05) is 32.7 Å². The number of rotatable bonds is 5. The molecule has 13 heteroatoms. The Labute approximate surface area is 188 Å². The van der Waals surface area contributed by atoms with Gasteiger partial charge in [0, 0.05) is 26.2 Å². The molecule has 0 aromatic heterocycles. The number of piperazine rings is 1. The number of carbonyl (C=O) groups is 3. The molecule has 4 amide bonds. The van der Waals surface area contributed by atoms with Crippen molar-refractivity contribution in [1.29, 1.82) is 0 Å². The molecule has 2 heterocycles. The maximum atomic E-state index is 13.3. The van der Waals surface area contributed by atoms with E-state index >= 15 is 0 Å². The van der Waals surface area contributed by atoms with E-state index in [1.165, 1.54) is 11.0 Å². The number of urea groups is 1. The fourth-order valence-electron chi connectivity index (χ4n) is 4.27. The minimum absolute atomic E-state index is 0.0439. The molecule has 9 nitrogen and oxygen atoms in total. The summed E-state index contributed by atoms with van der Waals surface area (Å²) < 4.78 is 66.4. The monoisotopic (exact) mass is 488 g/mol. The average molecular weight is 488 g/mol. The van der Waals surface area contributed by atoms with Gasteiger partial charge in [0.1, 0.15) is 12.1 Å². The molecule has 1 aromatic rings. The van der Waals surface area contributed by atoms with Crippen molar-refractivity contribution < 1.29 is 36.0 Å². The molecule has 2 aliphatic heterocycles. The third kappa shape index (κ3) is 4.19. The van der Waals surface area contributed by atoms with Gasteiger partial charge in [0.05, 0.1) is 10.5 Å². The van der Waals surface area contributed by atoms with Gasteiger partial charge in [0.25, 0.3) is 5.91 Å². The molecule has 3 aliphatic rings. The minimum Gasteiger partial charge on any atom is -0.338 e. The molecule has 0 radical (unpaired) electrons. The molecule has 1 N–H and O–H groups in total. The summed E-state index contributed by atoms with van der Waals surface area (Å²) in [5.74, 6) is -0.956. The van der Waals surface area contributed by atoms with Crippen LogP contribution in [-0.2, 0) is 25.8 Å². The van der Waals surface area contributed by atoms with E-state index in [2.05, 4.69) is 5.32 Å². The van der Waals surface area contributed by atoms with Gasteiger partial charge in [-0.05, 0) is 37.8 Å². The molecule has 180 valence electrons. The molecule has 0 bridgehead atoms. The Bertz CT molecular complexity index is 1100. The second kappa shape index (κ2) is 7.97. The standard InChI is InChI=1S/C20H23F3N4O5S/c1-19(13-6-7-13)17(29)27(18(30)24-19)12-16(28)25-8-10-26(11-9-25)33(31,32)15-5-3-2-4-14(15)20(21,22)23/h2-5,13H,6-12H2,1H3,(H,24,30)/t19-/m0/s1. The fourth-order valence-corrected chi connectivity index (χ4v) is 5.91. The van der Waals surface area contributed by atoms with E-state index in [1.54, 1.807) is 6.92 Å². The van der Waals surface area contributed by atoms with E-state index in [9.17, 15) is 36.0 Å². The SMILES string of the molecule is C[C@@]1(C2CC2)NC(=O)N(CC(=O)N2CCN(S(=O)(=O)c3ccccc3C(F)(F)F)CC2)C1=O. The molecule has 1 aromatic carbocycles. The molecule has 2 saturated heterocycles. The number of sulfonamides is 1. The second-order valence-electron chi connectivity index (χ2n) is 8.58. The van der Waals surface area contributed by atoms with Crippen molar-refractivity contribution in [2.24, 2.45) is 5.92 Å². The largest absolute Gasteiger partial charge is 0.417 e. The highest BCUT2D eigenvalue weighted by molar-refractivity contribution is 7.89. The normalized spacial score (nSPS) is 24.8. The van der Waals surface area contributed by atoms with Gasteiger partial charge >= 0.3 is 12.2 Å². The van der Waals surface area contributed by atoms with Crippen molar-refractivity contribution in [2.45, 2.75) is 36.4 Å². The molecule has 1 aliphatic carbocycles. The van der Waals surface area contributed by atoms with Crippen LogP contribution in [-0.4, -0.2) is 78.6 Å². The number of halogens is 3. The summed E-state index contributed by atoms with van der Waals surface area (Å²) in [4.78, 5) is 38.9. The Morgan fingerprint density at radius 3 is 2.30 bits per heavy atom. The molecular formula is C20H23F3N4O5S. The van der Waals surface area contributed by atoms with Gasteiger partial charge in [-0.1, -0.05) is 12.1 Å². The van der Waals surface area contributed by atoms with E-state index < -0.39 is 56.6 Å². The van der Waals surface area contributed by atoms with Crippen LogP contribution in [0.2, 0.25) is 0 Å². The molecule has 4 rings (SSSR count). The molecule has 33 heavy (non-hydrogen) atoms. The van der Waals surface area contributed by atoms with Crippen LogP contribution in [0, 0.1) is 5.92 Å². The second-order valence-corrected chi connectivity index (χ2v) is 10.5. The maximum absolute atomic E-state index is 13.3. The van der Waals surface area contributed by atoms with Crippen LogP contribution in [0.1, 0.15) is 25.3 Å². The smallest absolute Gasteiger partial charge is 0.338 e.